The second kappa shape index (κ2) is 7.87. The Morgan fingerprint density at radius 1 is 1.29 bits per heavy atom. The van der Waals surface area contributed by atoms with Gasteiger partial charge in [0.2, 0.25) is 15.9 Å². The zero-order valence-electron chi connectivity index (χ0n) is 12.6. The smallest absolute Gasteiger partial charge is 0.229 e. The molecule has 0 saturated carbocycles. The van der Waals surface area contributed by atoms with Crippen molar-refractivity contribution in [3.8, 4) is 5.75 Å². The summed E-state index contributed by atoms with van der Waals surface area (Å²) >= 11 is 0. The van der Waals surface area contributed by atoms with Gasteiger partial charge in [-0.3, -0.25) is 9.52 Å². The predicted molar refractivity (Wildman–Crippen MR) is 84.2 cm³/mol. The van der Waals surface area contributed by atoms with Crippen molar-refractivity contribution < 1.29 is 17.9 Å². The van der Waals surface area contributed by atoms with Crippen LogP contribution in [-0.4, -0.2) is 27.7 Å². The van der Waals surface area contributed by atoms with E-state index < -0.39 is 10.0 Å². The molecule has 0 fully saturated rings. The number of ether oxygens (including phenoxy) is 1. The van der Waals surface area contributed by atoms with E-state index in [0.29, 0.717) is 23.5 Å². The first-order chi connectivity index (χ1) is 9.85. The molecule has 0 saturated heterocycles. The van der Waals surface area contributed by atoms with Crippen molar-refractivity contribution in [2.24, 2.45) is 0 Å². The van der Waals surface area contributed by atoms with Gasteiger partial charge in [0.05, 0.1) is 19.1 Å². The molecule has 0 aliphatic rings. The molecule has 0 bridgehead atoms. The Labute approximate surface area is 125 Å². The lowest BCUT2D eigenvalue weighted by Gasteiger charge is -2.12. The number of carbonyl (C=O) groups is 1. The van der Waals surface area contributed by atoms with Crippen LogP contribution in [0.1, 0.15) is 32.6 Å². The summed E-state index contributed by atoms with van der Waals surface area (Å²) < 4.78 is 30.1. The lowest BCUT2D eigenvalue weighted by atomic mass is 10.2. The van der Waals surface area contributed by atoms with Crippen LogP contribution in [-0.2, 0) is 14.8 Å². The number of rotatable bonds is 8. The second-order valence-corrected chi connectivity index (χ2v) is 6.54. The number of anilines is 2. The Hall–Kier alpha value is -1.76. The number of sulfonamides is 1. The van der Waals surface area contributed by atoms with Crippen LogP contribution in [0.15, 0.2) is 18.2 Å². The van der Waals surface area contributed by atoms with Crippen molar-refractivity contribution in [2.45, 2.75) is 32.6 Å². The molecule has 6 nitrogen and oxygen atoms in total. The molecule has 21 heavy (non-hydrogen) atoms. The van der Waals surface area contributed by atoms with Gasteiger partial charge in [-0.15, -0.1) is 0 Å². The third kappa shape index (κ3) is 6.48. The Morgan fingerprint density at radius 3 is 2.57 bits per heavy atom. The summed E-state index contributed by atoms with van der Waals surface area (Å²) in [7, 11) is -1.97. The van der Waals surface area contributed by atoms with Crippen molar-refractivity contribution in [3.05, 3.63) is 18.2 Å². The molecule has 1 rings (SSSR count). The van der Waals surface area contributed by atoms with Crippen LogP contribution in [0.3, 0.4) is 0 Å². The summed E-state index contributed by atoms with van der Waals surface area (Å²) in [5.41, 5.74) is 0.829. The summed E-state index contributed by atoms with van der Waals surface area (Å²) in [6, 6.07) is 4.82. The van der Waals surface area contributed by atoms with E-state index in [2.05, 4.69) is 17.0 Å². The van der Waals surface area contributed by atoms with Gasteiger partial charge < -0.3 is 10.1 Å². The number of benzene rings is 1. The number of hydrogen-bond donors (Lipinski definition) is 2. The van der Waals surface area contributed by atoms with E-state index >= 15 is 0 Å². The van der Waals surface area contributed by atoms with Gasteiger partial charge in [-0.1, -0.05) is 19.8 Å². The summed E-state index contributed by atoms with van der Waals surface area (Å²) in [5, 5.41) is 2.75. The van der Waals surface area contributed by atoms with Crippen molar-refractivity contribution in [3.63, 3.8) is 0 Å². The molecule has 0 heterocycles. The molecule has 1 aromatic carbocycles. The van der Waals surface area contributed by atoms with E-state index in [1.807, 2.05) is 0 Å². The molecule has 118 valence electrons. The third-order valence-electron chi connectivity index (χ3n) is 2.79. The van der Waals surface area contributed by atoms with Crippen LogP contribution < -0.4 is 14.8 Å². The molecule has 0 aromatic heterocycles. The zero-order chi connectivity index (χ0) is 15.9. The molecule has 0 radical (unpaired) electrons. The van der Waals surface area contributed by atoms with E-state index in [9.17, 15) is 13.2 Å². The number of amides is 1. The molecule has 0 unspecified atom stereocenters. The molecule has 2 N–H and O–H groups in total. The molecule has 1 amide bonds. The van der Waals surface area contributed by atoms with E-state index in [4.69, 9.17) is 4.74 Å². The minimum absolute atomic E-state index is 0.0843. The first-order valence-corrected chi connectivity index (χ1v) is 8.70. The maximum atomic E-state index is 11.8. The minimum atomic E-state index is -3.42. The highest BCUT2D eigenvalue weighted by Gasteiger charge is 2.10. The molecular formula is C14H22N2O4S. The van der Waals surface area contributed by atoms with Gasteiger partial charge in [0.15, 0.2) is 0 Å². The lowest BCUT2D eigenvalue weighted by molar-refractivity contribution is -0.116. The molecule has 7 heteroatoms. The Bertz CT molecular complexity index is 585. The van der Waals surface area contributed by atoms with E-state index in [1.54, 1.807) is 12.1 Å². The fourth-order valence-electron chi connectivity index (χ4n) is 1.82. The van der Waals surface area contributed by atoms with Gasteiger partial charge in [-0.2, -0.15) is 0 Å². The van der Waals surface area contributed by atoms with Crippen LogP contribution in [0.4, 0.5) is 11.4 Å². The fourth-order valence-corrected chi connectivity index (χ4v) is 2.38. The van der Waals surface area contributed by atoms with Gasteiger partial charge in [0, 0.05) is 12.1 Å². The normalized spacial score (nSPS) is 11.0. The predicted octanol–water partition coefficient (Wildman–Crippen LogP) is 2.59. The van der Waals surface area contributed by atoms with E-state index in [-0.39, 0.29) is 5.91 Å². The third-order valence-corrected chi connectivity index (χ3v) is 3.38. The van der Waals surface area contributed by atoms with E-state index in [0.717, 1.165) is 25.5 Å². The number of hydrogen-bond acceptors (Lipinski definition) is 4. The highest BCUT2D eigenvalue weighted by Crippen LogP contribution is 2.28. The van der Waals surface area contributed by atoms with Crippen LogP contribution in [0.5, 0.6) is 5.75 Å². The van der Waals surface area contributed by atoms with Crippen LogP contribution in [0.2, 0.25) is 0 Å². The van der Waals surface area contributed by atoms with Crippen molar-refractivity contribution in [1.82, 2.24) is 0 Å². The molecule has 0 aliphatic carbocycles. The van der Waals surface area contributed by atoms with Gasteiger partial charge in [0.25, 0.3) is 0 Å². The topological polar surface area (TPSA) is 84.5 Å². The number of unbranched alkanes of at least 4 members (excludes halogenated alkanes) is 2. The van der Waals surface area contributed by atoms with Gasteiger partial charge in [0.1, 0.15) is 5.75 Å². The summed E-state index contributed by atoms with van der Waals surface area (Å²) in [4.78, 5) is 11.8. The Morgan fingerprint density at radius 2 is 2.00 bits per heavy atom. The largest absolute Gasteiger partial charge is 0.495 e. The Kier molecular flexibility index (Phi) is 6.48. The lowest BCUT2D eigenvalue weighted by Crippen LogP contribution is -2.13. The van der Waals surface area contributed by atoms with Crippen molar-refractivity contribution in [2.75, 3.05) is 23.4 Å². The highest BCUT2D eigenvalue weighted by atomic mass is 32.2. The van der Waals surface area contributed by atoms with E-state index in [1.165, 1.54) is 13.2 Å². The standard InChI is InChI=1S/C14H22N2O4S/c1-4-5-6-7-14(17)15-11-8-9-13(20-2)12(10-11)16-21(3,18)19/h8-10,16H,4-7H2,1-3H3,(H,15,17). The maximum Gasteiger partial charge on any atom is 0.229 e. The highest BCUT2D eigenvalue weighted by molar-refractivity contribution is 7.92. The summed E-state index contributed by atoms with van der Waals surface area (Å²) in [5.74, 6) is 0.309. The molecule has 0 spiro atoms. The monoisotopic (exact) mass is 314 g/mol. The summed E-state index contributed by atoms with van der Waals surface area (Å²) in [6.45, 7) is 2.07. The van der Waals surface area contributed by atoms with Crippen LogP contribution >= 0.6 is 0 Å². The number of nitrogens with one attached hydrogen (secondary N) is 2. The maximum absolute atomic E-state index is 11.8. The average molecular weight is 314 g/mol. The zero-order valence-corrected chi connectivity index (χ0v) is 13.4. The van der Waals surface area contributed by atoms with Crippen molar-refractivity contribution in [1.29, 1.82) is 0 Å². The molecule has 1 aromatic rings. The minimum Gasteiger partial charge on any atom is -0.495 e. The Balaban J connectivity index is 2.80. The average Bonchev–Trinajstić information content (AvgIpc) is 2.37. The quantitative estimate of drug-likeness (QED) is 0.722. The van der Waals surface area contributed by atoms with Crippen LogP contribution in [0.25, 0.3) is 0 Å². The first kappa shape index (κ1) is 17.3. The van der Waals surface area contributed by atoms with Crippen molar-refractivity contribution >= 4 is 27.3 Å². The molecule has 0 aliphatic heterocycles. The van der Waals surface area contributed by atoms with Gasteiger partial charge in [-0.25, -0.2) is 8.42 Å². The fraction of sp³-hybridized carbons (Fsp3) is 0.500. The molecule has 0 atom stereocenters. The summed E-state index contributed by atoms with van der Waals surface area (Å²) in [6.07, 6.45) is 4.42. The SMILES string of the molecule is CCCCCC(=O)Nc1ccc(OC)c(NS(C)(=O)=O)c1. The van der Waals surface area contributed by atoms with Gasteiger partial charge in [-0.05, 0) is 24.6 Å². The number of carbonyl (C=O) groups excluding carboxylic acids is 1. The molecular weight excluding hydrogens is 292 g/mol. The van der Waals surface area contributed by atoms with Gasteiger partial charge >= 0.3 is 0 Å². The number of methoxy groups -OCH3 is 1. The first-order valence-electron chi connectivity index (χ1n) is 6.81. The van der Waals surface area contributed by atoms with Crippen LogP contribution in [0, 0.1) is 0 Å². The second-order valence-electron chi connectivity index (χ2n) is 4.79.